The fraction of sp³-hybridized carbons (Fsp3) is 0.647. The summed E-state index contributed by atoms with van der Waals surface area (Å²) in [5.41, 5.74) is 2.92. The van der Waals surface area contributed by atoms with Crippen LogP contribution in [0, 0.1) is 5.92 Å². The lowest BCUT2D eigenvalue weighted by atomic mass is 10.00. The normalized spacial score (nSPS) is 24.6. The summed E-state index contributed by atoms with van der Waals surface area (Å²) in [6.07, 6.45) is 8.54. The van der Waals surface area contributed by atoms with Gasteiger partial charge in [-0.2, -0.15) is 0 Å². The van der Waals surface area contributed by atoms with E-state index in [0.717, 1.165) is 18.9 Å². The molecule has 104 valence electrons. The van der Waals surface area contributed by atoms with E-state index in [2.05, 4.69) is 29.6 Å². The predicted octanol–water partition coefficient (Wildman–Crippen LogP) is 3.20. The molecule has 2 aliphatic carbocycles. The van der Waals surface area contributed by atoms with Crippen molar-refractivity contribution in [2.45, 2.75) is 57.1 Å². The van der Waals surface area contributed by atoms with Gasteiger partial charge in [0.25, 0.3) is 0 Å². The van der Waals surface area contributed by atoms with Crippen molar-refractivity contribution in [2.75, 3.05) is 6.54 Å². The minimum absolute atomic E-state index is 0.170. The Morgan fingerprint density at radius 2 is 1.95 bits per heavy atom. The van der Waals surface area contributed by atoms with Crippen molar-refractivity contribution in [1.82, 2.24) is 5.32 Å². The first-order chi connectivity index (χ1) is 9.33. The molecule has 19 heavy (non-hydrogen) atoms. The highest BCUT2D eigenvalue weighted by Crippen LogP contribution is 2.31. The number of nitrogens with one attached hydrogen (secondary N) is 1. The first kappa shape index (κ1) is 13.1. The fourth-order valence-corrected chi connectivity index (χ4v) is 3.76. The van der Waals surface area contributed by atoms with Crippen molar-refractivity contribution in [3.8, 4) is 0 Å². The minimum atomic E-state index is -0.170. The third-order valence-corrected chi connectivity index (χ3v) is 4.81. The maximum Gasteiger partial charge on any atom is 0.0667 e. The van der Waals surface area contributed by atoms with Crippen LogP contribution in [0.1, 0.15) is 55.7 Å². The Hall–Kier alpha value is -0.860. The standard InChI is InChI=1S/C17H25NO/c19-15(11-13-5-1-2-6-13)12-18-17-10-9-14-7-3-4-8-16(14)17/h3-4,7-8,13,15,17-19H,1-2,5-6,9-12H2. The highest BCUT2D eigenvalue weighted by molar-refractivity contribution is 5.34. The van der Waals surface area contributed by atoms with Gasteiger partial charge in [-0.25, -0.2) is 0 Å². The van der Waals surface area contributed by atoms with Crippen LogP contribution in [0.4, 0.5) is 0 Å². The molecule has 2 aliphatic rings. The number of fused-ring (bicyclic) bond motifs is 1. The smallest absolute Gasteiger partial charge is 0.0667 e. The second-order valence-electron chi connectivity index (χ2n) is 6.24. The Kier molecular flexibility index (Phi) is 4.19. The molecular formula is C17H25NO. The van der Waals surface area contributed by atoms with Crippen molar-refractivity contribution in [3.05, 3.63) is 35.4 Å². The van der Waals surface area contributed by atoms with Gasteiger partial charge >= 0.3 is 0 Å². The van der Waals surface area contributed by atoms with Gasteiger partial charge < -0.3 is 10.4 Å². The SMILES string of the molecule is OC(CNC1CCc2ccccc21)CC1CCCC1. The molecule has 0 spiro atoms. The quantitative estimate of drug-likeness (QED) is 0.851. The molecule has 2 unspecified atom stereocenters. The second kappa shape index (κ2) is 6.06. The summed E-state index contributed by atoms with van der Waals surface area (Å²) in [5, 5.41) is 13.7. The lowest BCUT2D eigenvalue weighted by molar-refractivity contribution is 0.137. The molecule has 0 aliphatic heterocycles. The molecule has 0 radical (unpaired) electrons. The Bertz CT molecular complexity index is 411. The van der Waals surface area contributed by atoms with E-state index in [1.54, 1.807) is 0 Å². The topological polar surface area (TPSA) is 32.3 Å². The second-order valence-corrected chi connectivity index (χ2v) is 6.24. The first-order valence-electron chi connectivity index (χ1n) is 7.82. The van der Waals surface area contributed by atoms with Crippen molar-refractivity contribution in [2.24, 2.45) is 5.92 Å². The summed E-state index contributed by atoms with van der Waals surface area (Å²) in [6, 6.07) is 9.15. The fourth-order valence-electron chi connectivity index (χ4n) is 3.76. The lowest BCUT2D eigenvalue weighted by Gasteiger charge is -2.19. The summed E-state index contributed by atoms with van der Waals surface area (Å²) in [4.78, 5) is 0. The zero-order valence-electron chi connectivity index (χ0n) is 11.6. The van der Waals surface area contributed by atoms with Gasteiger partial charge in [0.05, 0.1) is 6.10 Å². The molecule has 0 bridgehead atoms. The summed E-state index contributed by atoms with van der Waals surface area (Å²) < 4.78 is 0. The van der Waals surface area contributed by atoms with Crippen molar-refractivity contribution in [3.63, 3.8) is 0 Å². The average molecular weight is 259 g/mol. The largest absolute Gasteiger partial charge is 0.392 e. The van der Waals surface area contributed by atoms with Gasteiger partial charge in [-0.05, 0) is 36.3 Å². The number of benzene rings is 1. The lowest BCUT2D eigenvalue weighted by Crippen LogP contribution is -2.30. The monoisotopic (exact) mass is 259 g/mol. The highest BCUT2D eigenvalue weighted by atomic mass is 16.3. The van der Waals surface area contributed by atoms with Crippen LogP contribution in [-0.4, -0.2) is 17.8 Å². The van der Waals surface area contributed by atoms with E-state index in [-0.39, 0.29) is 6.10 Å². The molecule has 1 fully saturated rings. The maximum atomic E-state index is 10.2. The molecule has 2 atom stereocenters. The Morgan fingerprint density at radius 3 is 2.79 bits per heavy atom. The number of hydrogen-bond donors (Lipinski definition) is 2. The van der Waals surface area contributed by atoms with Gasteiger partial charge in [0.1, 0.15) is 0 Å². The van der Waals surface area contributed by atoms with Crippen molar-refractivity contribution >= 4 is 0 Å². The number of hydrogen-bond acceptors (Lipinski definition) is 2. The van der Waals surface area contributed by atoms with Gasteiger partial charge in [0.2, 0.25) is 0 Å². The van der Waals surface area contributed by atoms with Crippen LogP contribution >= 0.6 is 0 Å². The molecule has 1 saturated carbocycles. The number of aliphatic hydroxyl groups is 1. The van der Waals surface area contributed by atoms with E-state index < -0.39 is 0 Å². The Labute approximate surface area is 116 Å². The van der Waals surface area contributed by atoms with Crippen LogP contribution in [0.2, 0.25) is 0 Å². The maximum absolute atomic E-state index is 10.2. The zero-order valence-corrected chi connectivity index (χ0v) is 11.6. The van der Waals surface area contributed by atoms with Gasteiger partial charge in [-0.3, -0.25) is 0 Å². The van der Waals surface area contributed by atoms with Crippen LogP contribution in [-0.2, 0) is 6.42 Å². The molecular weight excluding hydrogens is 234 g/mol. The van der Waals surface area contributed by atoms with Crippen LogP contribution in [0.15, 0.2) is 24.3 Å². The van der Waals surface area contributed by atoms with E-state index in [1.807, 2.05) is 0 Å². The third-order valence-electron chi connectivity index (χ3n) is 4.81. The third kappa shape index (κ3) is 3.18. The molecule has 1 aromatic rings. The molecule has 2 N–H and O–H groups in total. The molecule has 1 aromatic carbocycles. The van der Waals surface area contributed by atoms with E-state index in [1.165, 1.54) is 49.7 Å². The van der Waals surface area contributed by atoms with E-state index in [0.29, 0.717) is 6.04 Å². The van der Waals surface area contributed by atoms with Crippen LogP contribution in [0.25, 0.3) is 0 Å². The van der Waals surface area contributed by atoms with Crippen LogP contribution in [0.5, 0.6) is 0 Å². The Morgan fingerprint density at radius 1 is 1.16 bits per heavy atom. The molecule has 0 aromatic heterocycles. The average Bonchev–Trinajstić information content (AvgIpc) is 3.05. The number of aryl methyl sites for hydroxylation is 1. The summed E-state index contributed by atoms with van der Waals surface area (Å²) in [5.74, 6) is 0.771. The molecule has 0 saturated heterocycles. The van der Waals surface area contributed by atoms with Gasteiger partial charge in [0.15, 0.2) is 0 Å². The van der Waals surface area contributed by atoms with Crippen LogP contribution in [0.3, 0.4) is 0 Å². The highest BCUT2D eigenvalue weighted by Gasteiger charge is 2.23. The van der Waals surface area contributed by atoms with E-state index in [4.69, 9.17) is 0 Å². The van der Waals surface area contributed by atoms with Gasteiger partial charge in [-0.1, -0.05) is 49.9 Å². The van der Waals surface area contributed by atoms with Crippen molar-refractivity contribution in [1.29, 1.82) is 0 Å². The molecule has 2 heteroatoms. The molecule has 3 rings (SSSR count). The van der Waals surface area contributed by atoms with Crippen molar-refractivity contribution < 1.29 is 5.11 Å². The van der Waals surface area contributed by atoms with E-state index in [9.17, 15) is 5.11 Å². The van der Waals surface area contributed by atoms with Gasteiger partial charge in [0, 0.05) is 12.6 Å². The minimum Gasteiger partial charge on any atom is -0.392 e. The van der Waals surface area contributed by atoms with E-state index >= 15 is 0 Å². The summed E-state index contributed by atoms with van der Waals surface area (Å²) in [6.45, 7) is 0.746. The summed E-state index contributed by atoms with van der Waals surface area (Å²) >= 11 is 0. The first-order valence-corrected chi connectivity index (χ1v) is 7.82. The molecule has 2 nitrogen and oxygen atoms in total. The van der Waals surface area contributed by atoms with Crippen LogP contribution < -0.4 is 5.32 Å². The number of aliphatic hydroxyl groups excluding tert-OH is 1. The molecule has 0 heterocycles. The van der Waals surface area contributed by atoms with Gasteiger partial charge in [-0.15, -0.1) is 0 Å². The predicted molar refractivity (Wildman–Crippen MR) is 78.1 cm³/mol. The Balaban J connectivity index is 1.47. The summed E-state index contributed by atoms with van der Waals surface area (Å²) in [7, 11) is 0. The number of rotatable bonds is 5. The zero-order chi connectivity index (χ0) is 13.1. The molecule has 0 amide bonds.